The van der Waals surface area contributed by atoms with Gasteiger partial charge < -0.3 is 10.4 Å². The highest BCUT2D eigenvalue weighted by Gasteiger charge is 2.01. The Morgan fingerprint density at radius 3 is 2.71 bits per heavy atom. The summed E-state index contributed by atoms with van der Waals surface area (Å²) in [6.45, 7) is 1.32. The molecule has 0 aliphatic heterocycles. The minimum absolute atomic E-state index is 0.0380. The standard InChI is InChI=1S/C10H11NO3/c1-7(12)8-3-2-4-9(5-8)11-6-10(13)14/h2-5,11H,6H2,1H3,(H,13,14). The number of anilines is 1. The van der Waals surface area contributed by atoms with Crippen LogP contribution in [0.4, 0.5) is 5.69 Å². The zero-order chi connectivity index (χ0) is 10.6. The molecular formula is C10H11NO3. The zero-order valence-electron chi connectivity index (χ0n) is 7.78. The van der Waals surface area contributed by atoms with E-state index in [0.717, 1.165) is 0 Å². The predicted molar refractivity (Wildman–Crippen MR) is 52.6 cm³/mol. The van der Waals surface area contributed by atoms with Crippen LogP contribution in [0.1, 0.15) is 17.3 Å². The van der Waals surface area contributed by atoms with Crippen LogP contribution in [0.5, 0.6) is 0 Å². The van der Waals surface area contributed by atoms with Crippen molar-refractivity contribution in [2.75, 3.05) is 11.9 Å². The molecule has 0 fully saturated rings. The number of aliphatic carboxylic acids is 1. The van der Waals surface area contributed by atoms with Gasteiger partial charge in [0.2, 0.25) is 0 Å². The summed E-state index contributed by atoms with van der Waals surface area (Å²) >= 11 is 0. The first-order valence-corrected chi connectivity index (χ1v) is 4.16. The number of hydrogen-bond donors (Lipinski definition) is 2. The Balaban J connectivity index is 2.73. The third kappa shape index (κ3) is 2.90. The van der Waals surface area contributed by atoms with Gasteiger partial charge in [0.1, 0.15) is 6.54 Å². The number of rotatable bonds is 4. The molecule has 14 heavy (non-hydrogen) atoms. The molecule has 74 valence electrons. The van der Waals surface area contributed by atoms with Crippen molar-refractivity contribution >= 4 is 17.4 Å². The van der Waals surface area contributed by atoms with E-state index in [1.54, 1.807) is 24.3 Å². The second-order valence-electron chi connectivity index (χ2n) is 2.88. The Hall–Kier alpha value is -1.84. The number of ketones is 1. The molecule has 4 nitrogen and oxygen atoms in total. The van der Waals surface area contributed by atoms with Crippen LogP contribution in [0.25, 0.3) is 0 Å². The molecule has 0 radical (unpaired) electrons. The van der Waals surface area contributed by atoms with Crippen molar-refractivity contribution in [2.45, 2.75) is 6.92 Å². The molecule has 1 aromatic carbocycles. The second kappa shape index (κ2) is 4.41. The summed E-state index contributed by atoms with van der Waals surface area (Å²) in [5, 5.41) is 11.1. The molecule has 1 rings (SSSR count). The van der Waals surface area contributed by atoms with E-state index in [-0.39, 0.29) is 12.3 Å². The van der Waals surface area contributed by atoms with Gasteiger partial charge in [0.15, 0.2) is 5.78 Å². The summed E-state index contributed by atoms with van der Waals surface area (Å²) in [6.07, 6.45) is 0. The van der Waals surface area contributed by atoms with Crippen LogP contribution in [0.15, 0.2) is 24.3 Å². The van der Waals surface area contributed by atoms with Crippen LogP contribution in [0.2, 0.25) is 0 Å². The first kappa shape index (κ1) is 10.2. The smallest absolute Gasteiger partial charge is 0.322 e. The molecule has 0 atom stereocenters. The van der Waals surface area contributed by atoms with Gasteiger partial charge in [-0.1, -0.05) is 12.1 Å². The monoisotopic (exact) mass is 193 g/mol. The van der Waals surface area contributed by atoms with Crippen LogP contribution in [-0.4, -0.2) is 23.4 Å². The summed E-state index contributed by atoms with van der Waals surface area (Å²) < 4.78 is 0. The van der Waals surface area contributed by atoms with Crippen LogP contribution < -0.4 is 5.32 Å². The van der Waals surface area contributed by atoms with Gasteiger partial charge in [-0.15, -0.1) is 0 Å². The maximum Gasteiger partial charge on any atom is 0.322 e. The van der Waals surface area contributed by atoms with E-state index >= 15 is 0 Å². The lowest BCUT2D eigenvalue weighted by molar-refractivity contribution is -0.134. The number of carboxylic acid groups (broad SMARTS) is 1. The predicted octanol–water partition coefficient (Wildman–Crippen LogP) is 1.39. The molecule has 0 aliphatic rings. The number of carbonyl (C=O) groups is 2. The molecule has 0 unspecified atom stereocenters. The molecule has 0 aliphatic carbocycles. The molecule has 0 aromatic heterocycles. The zero-order valence-corrected chi connectivity index (χ0v) is 7.78. The lowest BCUT2D eigenvalue weighted by atomic mass is 10.1. The molecule has 2 N–H and O–H groups in total. The van der Waals surface area contributed by atoms with Crippen LogP contribution in [0, 0.1) is 0 Å². The van der Waals surface area contributed by atoms with Crippen molar-refractivity contribution in [2.24, 2.45) is 0 Å². The third-order valence-corrected chi connectivity index (χ3v) is 1.71. The molecule has 1 aromatic rings. The van der Waals surface area contributed by atoms with Crippen LogP contribution in [0.3, 0.4) is 0 Å². The molecule has 0 spiro atoms. The summed E-state index contributed by atoms with van der Waals surface area (Å²) in [7, 11) is 0. The molecule has 0 saturated heterocycles. The lowest BCUT2D eigenvalue weighted by Gasteiger charge is -2.04. The highest BCUT2D eigenvalue weighted by molar-refractivity contribution is 5.95. The quantitative estimate of drug-likeness (QED) is 0.709. The minimum Gasteiger partial charge on any atom is -0.480 e. The second-order valence-corrected chi connectivity index (χ2v) is 2.88. The number of hydrogen-bond acceptors (Lipinski definition) is 3. The van der Waals surface area contributed by atoms with Gasteiger partial charge in [-0.3, -0.25) is 9.59 Å². The van der Waals surface area contributed by atoms with Crippen molar-refractivity contribution in [3.63, 3.8) is 0 Å². The maximum absolute atomic E-state index is 11.0. The first-order valence-electron chi connectivity index (χ1n) is 4.16. The number of benzene rings is 1. The number of nitrogens with one attached hydrogen (secondary N) is 1. The molecule has 0 heterocycles. The average molecular weight is 193 g/mol. The van der Waals surface area contributed by atoms with Gasteiger partial charge in [0, 0.05) is 11.3 Å². The Bertz CT molecular complexity index is 360. The van der Waals surface area contributed by atoms with Gasteiger partial charge in [0.05, 0.1) is 0 Å². The van der Waals surface area contributed by atoms with Gasteiger partial charge in [0.25, 0.3) is 0 Å². The topological polar surface area (TPSA) is 66.4 Å². The van der Waals surface area contributed by atoms with Crippen molar-refractivity contribution in [3.8, 4) is 0 Å². The van der Waals surface area contributed by atoms with Crippen molar-refractivity contribution < 1.29 is 14.7 Å². The summed E-state index contributed by atoms with van der Waals surface area (Å²) in [5.41, 5.74) is 1.21. The highest BCUT2D eigenvalue weighted by Crippen LogP contribution is 2.10. The fourth-order valence-electron chi connectivity index (χ4n) is 1.03. The first-order chi connectivity index (χ1) is 6.59. The summed E-state index contributed by atoms with van der Waals surface area (Å²) in [5.74, 6) is -0.970. The fourth-order valence-corrected chi connectivity index (χ4v) is 1.03. The fraction of sp³-hybridized carbons (Fsp3) is 0.200. The Labute approximate surface area is 81.6 Å². The Kier molecular flexibility index (Phi) is 3.23. The highest BCUT2D eigenvalue weighted by atomic mass is 16.4. The number of Topliss-reactive ketones (excluding diaryl/α,β-unsaturated/α-hetero) is 1. The molecule has 0 amide bonds. The summed E-state index contributed by atoms with van der Waals surface area (Å²) in [6, 6.07) is 6.75. The van der Waals surface area contributed by atoms with Crippen LogP contribution in [-0.2, 0) is 4.79 Å². The van der Waals surface area contributed by atoms with E-state index in [2.05, 4.69) is 5.32 Å². The van der Waals surface area contributed by atoms with E-state index < -0.39 is 5.97 Å². The SMILES string of the molecule is CC(=O)c1cccc(NCC(=O)O)c1. The normalized spacial score (nSPS) is 9.50. The van der Waals surface area contributed by atoms with Gasteiger partial charge in [-0.2, -0.15) is 0 Å². The van der Waals surface area contributed by atoms with Gasteiger partial charge >= 0.3 is 5.97 Å². The van der Waals surface area contributed by atoms with E-state index in [1.807, 2.05) is 0 Å². The molecule has 0 bridgehead atoms. The molecular weight excluding hydrogens is 182 g/mol. The van der Waals surface area contributed by atoms with E-state index in [1.165, 1.54) is 6.92 Å². The third-order valence-electron chi connectivity index (χ3n) is 1.71. The average Bonchev–Trinajstić information content (AvgIpc) is 2.15. The van der Waals surface area contributed by atoms with Crippen LogP contribution >= 0.6 is 0 Å². The molecule has 0 saturated carbocycles. The Morgan fingerprint density at radius 1 is 1.43 bits per heavy atom. The van der Waals surface area contributed by atoms with Gasteiger partial charge in [-0.25, -0.2) is 0 Å². The largest absolute Gasteiger partial charge is 0.480 e. The van der Waals surface area contributed by atoms with E-state index in [9.17, 15) is 9.59 Å². The number of carboxylic acids is 1. The van der Waals surface area contributed by atoms with Gasteiger partial charge in [-0.05, 0) is 19.1 Å². The summed E-state index contributed by atoms with van der Waals surface area (Å²) in [4.78, 5) is 21.3. The lowest BCUT2D eigenvalue weighted by Crippen LogP contribution is -2.12. The van der Waals surface area contributed by atoms with Crippen molar-refractivity contribution in [1.29, 1.82) is 0 Å². The van der Waals surface area contributed by atoms with Crippen molar-refractivity contribution in [1.82, 2.24) is 0 Å². The van der Waals surface area contributed by atoms with E-state index in [4.69, 9.17) is 5.11 Å². The maximum atomic E-state index is 11.0. The number of carbonyl (C=O) groups excluding carboxylic acids is 1. The Morgan fingerprint density at radius 2 is 2.14 bits per heavy atom. The van der Waals surface area contributed by atoms with Crippen molar-refractivity contribution in [3.05, 3.63) is 29.8 Å². The minimum atomic E-state index is -0.932. The van der Waals surface area contributed by atoms with E-state index in [0.29, 0.717) is 11.3 Å². The molecule has 4 heteroatoms.